The van der Waals surface area contributed by atoms with Gasteiger partial charge in [-0.15, -0.1) is 0 Å². The lowest BCUT2D eigenvalue weighted by molar-refractivity contribution is 0.626. The SMILES string of the molecule is CCC(C)c1ccccc1-c1cc(C2CC=CC=C2N(C)I)ccc1C. The summed E-state index contributed by atoms with van der Waals surface area (Å²) in [6.07, 6.45) is 8.92. The minimum absolute atomic E-state index is 0.428. The molecule has 0 aromatic heterocycles. The maximum absolute atomic E-state index is 2.42. The van der Waals surface area contributed by atoms with Gasteiger partial charge >= 0.3 is 0 Å². The van der Waals surface area contributed by atoms with Crippen LogP contribution in [-0.2, 0) is 0 Å². The number of halogens is 1. The van der Waals surface area contributed by atoms with Gasteiger partial charge in [0, 0.05) is 18.7 Å². The normalized spacial score (nSPS) is 17.7. The van der Waals surface area contributed by atoms with Crippen LogP contribution in [0.4, 0.5) is 0 Å². The van der Waals surface area contributed by atoms with Gasteiger partial charge in [0.15, 0.2) is 0 Å². The molecule has 26 heavy (non-hydrogen) atoms. The predicted octanol–water partition coefficient (Wildman–Crippen LogP) is 7.38. The van der Waals surface area contributed by atoms with E-state index in [4.69, 9.17) is 0 Å². The number of aryl methyl sites for hydroxylation is 1. The fourth-order valence-corrected chi connectivity index (χ4v) is 4.28. The van der Waals surface area contributed by atoms with Crippen LogP contribution in [0.1, 0.15) is 55.2 Å². The molecule has 0 bridgehead atoms. The van der Waals surface area contributed by atoms with Gasteiger partial charge in [0.1, 0.15) is 0 Å². The van der Waals surface area contributed by atoms with E-state index in [1.54, 1.807) is 0 Å². The molecular formula is C24H28IN. The van der Waals surface area contributed by atoms with Crippen LogP contribution < -0.4 is 0 Å². The van der Waals surface area contributed by atoms with E-state index in [-0.39, 0.29) is 0 Å². The average Bonchev–Trinajstić information content (AvgIpc) is 2.67. The van der Waals surface area contributed by atoms with Gasteiger partial charge in [-0.1, -0.05) is 68.5 Å². The fraction of sp³-hybridized carbons (Fsp3) is 0.333. The van der Waals surface area contributed by atoms with Crippen molar-refractivity contribution in [2.45, 2.75) is 45.4 Å². The van der Waals surface area contributed by atoms with Crippen LogP contribution in [0.15, 0.2) is 66.4 Å². The van der Waals surface area contributed by atoms with Crippen LogP contribution in [0.25, 0.3) is 11.1 Å². The number of nitrogens with zero attached hydrogens (tertiary/aromatic N) is 1. The number of hydrogen-bond acceptors (Lipinski definition) is 1. The molecule has 136 valence electrons. The lowest BCUT2D eigenvalue weighted by atomic mass is 9.84. The number of rotatable bonds is 5. The molecule has 0 radical (unpaired) electrons. The van der Waals surface area contributed by atoms with Gasteiger partial charge in [-0.05, 0) is 59.6 Å². The summed E-state index contributed by atoms with van der Waals surface area (Å²) in [5.41, 5.74) is 8.36. The first kappa shape index (κ1) is 19.2. The predicted molar refractivity (Wildman–Crippen MR) is 122 cm³/mol. The van der Waals surface area contributed by atoms with Crippen LogP contribution in [0.2, 0.25) is 0 Å². The molecule has 1 aliphatic carbocycles. The van der Waals surface area contributed by atoms with Gasteiger partial charge < -0.3 is 3.11 Å². The zero-order valence-electron chi connectivity index (χ0n) is 16.2. The van der Waals surface area contributed by atoms with E-state index in [0.29, 0.717) is 11.8 Å². The summed E-state index contributed by atoms with van der Waals surface area (Å²) in [5.74, 6) is 1.000. The lowest BCUT2D eigenvalue weighted by Gasteiger charge is -2.27. The zero-order valence-corrected chi connectivity index (χ0v) is 18.3. The molecule has 0 saturated heterocycles. The quantitative estimate of drug-likeness (QED) is 0.334. The van der Waals surface area contributed by atoms with Crippen molar-refractivity contribution in [1.82, 2.24) is 3.11 Å². The third-order valence-electron chi connectivity index (χ3n) is 5.55. The maximum Gasteiger partial charge on any atom is 0.0585 e. The summed E-state index contributed by atoms with van der Waals surface area (Å²) in [4.78, 5) is 0. The van der Waals surface area contributed by atoms with Gasteiger partial charge in [-0.25, -0.2) is 0 Å². The van der Waals surface area contributed by atoms with E-state index in [0.717, 1.165) is 12.8 Å². The van der Waals surface area contributed by atoms with Crippen LogP contribution >= 0.6 is 22.9 Å². The molecule has 0 amide bonds. The minimum Gasteiger partial charge on any atom is -0.321 e. The molecular weight excluding hydrogens is 429 g/mol. The second-order valence-electron chi connectivity index (χ2n) is 7.26. The molecule has 0 saturated carbocycles. The van der Waals surface area contributed by atoms with E-state index in [2.05, 4.69) is 114 Å². The number of hydrogen-bond donors (Lipinski definition) is 0. The molecule has 1 nitrogen and oxygen atoms in total. The highest BCUT2D eigenvalue weighted by Gasteiger charge is 2.21. The van der Waals surface area contributed by atoms with Crippen LogP contribution in [0.3, 0.4) is 0 Å². The molecule has 2 atom stereocenters. The summed E-state index contributed by atoms with van der Waals surface area (Å²) in [6.45, 7) is 6.83. The lowest BCUT2D eigenvalue weighted by Crippen LogP contribution is -2.15. The van der Waals surface area contributed by atoms with E-state index >= 15 is 0 Å². The Morgan fingerprint density at radius 2 is 1.92 bits per heavy atom. The third kappa shape index (κ3) is 3.90. The second-order valence-corrected chi connectivity index (χ2v) is 8.70. The Balaban J connectivity index is 2.08. The van der Waals surface area contributed by atoms with Gasteiger partial charge in [0.2, 0.25) is 0 Å². The van der Waals surface area contributed by atoms with Crippen LogP contribution in [0.5, 0.6) is 0 Å². The highest BCUT2D eigenvalue weighted by molar-refractivity contribution is 14.1. The standard InChI is InChI=1S/C24H28IN/c1-5-17(2)20-10-6-7-12-22(20)23-16-19(15-14-18(23)3)21-11-8-9-13-24(21)26(4)25/h6-10,12-17,21H,5,11H2,1-4H3. The Labute approximate surface area is 172 Å². The van der Waals surface area contributed by atoms with Gasteiger partial charge in [0.25, 0.3) is 0 Å². The summed E-state index contributed by atoms with van der Waals surface area (Å²) < 4.78 is 2.22. The molecule has 3 rings (SSSR count). The van der Waals surface area contributed by atoms with E-state index in [1.807, 2.05) is 0 Å². The smallest absolute Gasteiger partial charge is 0.0585 e. The molecule has 0 spiro atoms. The Hall–Kier alpha value is -1.55. The van der Waals surface area contributed by atoms with Crippen molar-refractivity contribution in [3.05, 3.63) is 83.1 Å². The van der Waals surface area contributed by atoms with Gasteiger partial charge in [-0.2, -0.15) is 0 Å². The highest BCUT2D eigenvalue weighted by Crippen LogP contribution is 2.38. The first-order valence-electron chi connectivity index (χ1n) is 9.49. The first-order chi connectivity index (χ1) is 12.5. The Bertz CT molecular complexity index is 832. The molecule has 2 heteroatoms. The Morgan fingerprint density at radius 3 is 2.65 bits per heavy atom. The Kier molecular flexibility index (Phi) is 6.23. The topological polar surface area (TPSA) is 3.24 Å². The fourth-order valence-electron chi connectivity index (χ4n) is 3.78. The summed E-state index contributed by atoms with van der Waals surface area (Å²) >= 11 is 2.38. The van der Waals surface area contributed by atoms with Crippen molar-refractivity contribution in [3.63, 3.8) is 0 Å². The molecule has 2 aromatic carbocycles. The van der Waals surface area contributed by atoms with Crippen LogP contribution in [0, 0.1) is 6.92 Å². The number of benzene rings is 2. The van der Waals surface area contributed by atoms with Crippen molar-refractivity contribution >= 4 is 22.9 Å². The molecule has 0 heterocycles. The second kappa shape index (κ2) is 8.43. The molecule has 1 aliphatic rings. The number of likely N-dealkylation sites (N-methyl/N-ethyl adjacent to an activating group) is 1. The molecule has 0 N–H and O–H groups in total. The summed E-state index contributed by atoms with van der Waals surface area (Å²) in [5, 5.41) is 0. The Morgan fingerprint density at radius 1 is 1.15 bits per heavy atom. The highest BCUT2D eigenvalue weighted by atomic mass is 127. The zero-order chi connectivity index (χ0) is 18.7. The van der Waals surface area contributed by atoms with Gasteiger partial charge in [-0.3, -0.25) is 0 Å². The van der Waals surface area contributed by atoms with Crippen molar-refractivity contribution in [2.24, 2.45) is 0 Å². The monoisotopic (exact) mass is 457 g/mol. The van der Waals surface area contributed by atoms with E-state index in [9.17, 15) is 0 Å². The van der Waals surface area contributed by atoms with E-state index < -0.39 is 0 Å². The largest absolute Gasteiger partial charge is 0.321 e. The maximum atomic E-state index is 2.42. The minimum atomic E-state index is 0.428. The van der Waals surface area contributed by atoms with Crippen molar-refractivity contribution in [1.29, 1.82) is 0 Å². The van der Waals surface area contributed by atoms with Crippen LogP contribution in [-0.4, -0.2) is 10.2 Å². The average molecular weight is 457 g/mol. The summed E-state index contributed by atoms with van der Waals surface area (Å²) in [6, 6.07) is 15.9. The van der Waals surface area contributed by atoms with Crippen molar-refractivity contribution in [2.75, 3.05) is 7.05 Å². The molecule has 2 aromatic rings. The third-order valence-corrected chi connectivity index (χ3v) is 6.10. The molecule has 0 fully saturated rings. The van der Waals surface area contributed by atoms with E-state index in [1.165, 1.54) is 33.5 Å². The molecule has 2 unspecified atom stereocenters. The first-order valence-corrected chi connectivity index (χ1v) is 10.5. The number of allylic oxidation sites excluding steroid dienone is 4. The van der Waals surface area contributed by atoms with Crippen molar-refractivity contribution < 1.29 is 0 Å². The van der Waals surface area contributed by atoms with Gasteiger partial charge in [0.05, 0.1) is 22.9 Å². The van der Waals surface area contributed by atoms with Crippen molar-refractivity contribution in [3.8, 4) is 11.1 Å². The summed E-state index contributed by atoms with van der Waals surface area (Å²) in [7, 11) is 2.13. The molecule has 0 aliphatic heterocycles.